The van der Waals surface area contributed by atoms with Crippen molar-refractivity contribution in [3.63, 3.8) is 0 Å². The van der Waals surface area contributed by atoms with Gasteiger partial charge in [-0.05, 0) is 52.7 Å². The van der Waals surface area contributed by atoms with Crippen LogP contribution in [0.15, 0.2) is 46.9 Å². The molecule has 0 bridgehead atoms. The molecule has 0 saturated carbocycles. The van der Waals surface area contributed by atoms with Gasteiger partial charge < -0.3 is 5.32 Å². The molecule has 0 aromatic heterocycles. The van der Waals surface area contributed by atoms with Gasteiger partial charge >= 0.3 is 0 Å². The molecule has 1 N–H and O–H groups in total. The molecule has 4 heteroatoms. The van der Waals surface area contributed by atoms with E-state index in [0.29, 0.717) is 23.0 Å². The molecule has 0 fully saturated rings. The average Bonchev–Trinajstić information content (AvgIpc) is 2.44. The van der Waals surface area contributed by atoms with E-state index >= 15 is 0 Å². The number of nitrogens with one attached hydrogen (secondary N) is 1. The largest absolute Gasteiger partial charge is 0.319 e. The third-order valence-electron chi connectivity index (χ3n) is 3.29. The van der Waals surface area contributed by atoms with E-state index in [2.05, 4.69) is 21.2 Å². The van der Waals surface area contributed by atoms with Crippen LogP contribution in [0.5, 0.6) is 0 Å². The van der Waals surface area contributed by atoms with Crippen LogP contribution >= 0.6 is 15.9 Å². The van der Waals surface area contributed by atoms with Gasteiger partial charge in [0.05, 0.1) is 4.47 Å². The lowest BCUT2D eigenvalue weighted by atomic mass is 9.91. The van der Waals surface area contributed by atoms with Crippen LogP contribution in [-0.2, 0) is 6.42 Å². The molecule has 0 aliphatic rings. The van der Waals surface area contributed by atoms with E-state index in [1.807, 2.05) is 19.2 Å². The van der Waals surface area contributed by atoms with Gasteiger partial charge in [-0.3, -0.25) is 0 Å². The van der Waals surface area contributed by atoms with E-state index in [1.54, 1.807) is 18.2 Å². The van der Waals surface area contributed by atoms with Crippen molar-refractivity contribution in [3.05, 3.63) is 69.7 Å². The van der Waals surface area contributed by atoms with E-state index in [4.69, 9.17) is 0 Å². The molecule has 106 valence electrons. The molecule has 0 spiro atoms. The summed E-state index contributed by atoms with van der Waals surface area (Å²) in [6, 6.07) is 11.7. The van der Waals surface area contributed by atoms with Gasteiger partial charge in [-0.25, -0.2) is 8.78 Å². The standard InChI is InChI=1S/C16H16BrF2N/c1-20-10-12(13-6-2-3-7-14(13)18)9-11-5-4-8-15(19)16(11)17/h2-8,12,20H,9-10H2,1H3. The fraction of sp³-hybridized carbons (Fsp3) is 0.250. The average molecular weight is 340 g/mol. The first kappa shape index (κ1) is 15.1. The summed E-state index contributed by atoms with van der Waals surface area (Å²) >= 11 is 3.26. The van der Waals surface area contributed by atoms with Gasteiger partial charge in [0.15, 0.2) is 0 Å². The third kappa shape index (κ3) is 3.44. The number of rotatable bonds is 5. The second-order valence-corrected chi connectivity index (χ2v) is 5.49. The van der Waals surface area contributed by atoms with Crippen LogP contribution in [0.2, 0.25) is 0 Å². The Morgan fingerprint density at radius 1 is 1.05 bits per heavy atom. The van der Waals surface area contributed by atoms with Crippen LogP contribution in [0.3, 0.4) is 0 Å². The Hall–Kier alpha value is -1.26. The highest BCUT2D eigenvalue weighted by Gasteiger charge is 2.17. The Morgan fingerprint density at radius 2 is 1.75 bits per heavy atom. The Morgan fingerprint density at radius 3 is 2.45 bits per heavy atom. The summed E-state index contributed by atoms with van der Waals surface area (Å²) in [6.45, 7) is 0.629. The highest BCUT2D eigenvalue weighted by Crippen LogP contribution is 2.28. The maximum Gasteiger partial charge on any atom is 0.137 e. The number of benzene rings is 2. The highest BCUT2D eigenvalue weighted by molar-refractivity contribution is 9.10. The van der Waals surface area contributed by atoms with Crippen LogP contribution in [0.25, 0.3) is 0 Å². The van der Waals surface area contributed by atoms with Crippen molar-refractivity contribution in [3.8, 4) is 0 Å². The van der Waals surface area contributed by atoms with E-state index in [0.717, 1.165) is 5.56 Å². The minimum Gasteiger partial charge on any atom is -0.319 e. The predicted molar refractivity (Wildman–Crippen MR) is 80.9 cm³/mol. The Balaban J connectivity index is 2.31. The Bertz CT molecular complexity index is 586. The maximum absolute atomic E-state index is 13.9. The van der Waals surface area contributed by atoms with Gasteiger partial charge in [-0.2, -0.15) is 0 Å². The fourth-order valence-corrected chi connectivity index (χ4v) is 2.74. The molecular weight excluding hydrogens is 324 g/mol. The quantitative estimate of drug-likeness (QED) is 0.857. The van der Waals surface area contributed by atoms with Gasteiger partial charge in [0.25, 0.3) is 0 Å². The Labute approximate surface area is 126 Å². The highest BCUT2D eigenvalue weighted by atomic mass is 79.9. The first-order valence-electron chi connectivity index (χ1n) is 6.45. The summed E-state index contributed by atoms with van der Waals surface area (Å²) in [5, 5.41) is 3.07. The van der Waals surface area contributed by atoms with Gasteiger partial charge in [0, 0.05) is 12.5 Å². The van der Waals surface area contributed by atoms with Crippen LogP contribution in [0, 0.1) is 11.6 Å². The molecule has 2 rings (SSSR count). The number of hydrogen-bond acceptors (Lipinski definition) is 1. The summed E-state index contributed by atoms with van der Waals surface area (Å²) in [7, 11) is 1.83. The van der Waals surface area contributed by atoms with E-state index in [-0.39, 0.29) is 17.6 Å². The molecule has 0 saturated heterocycles. The van der Waals surface area contributed by atoms with Crippen molar-refractivity contribution >= 4 is 15.9 Å². The molecule has 2 aromatic carbocycles. The lowest BCUT2D eigenvalue weighted by molar-refractivity contribution is 0.553. The predicted octanol–water partition coefficient (Wildman–Crippen LogP) is 4.27. The summed E-state index contributed by atoms with van der Waals surface area (Å²) in [5.74, 6) is -0.557. The molecule has 0 aliphatic carbocycles. The smallest absolute Gasteiger partial charge is 0.137 e. The lowest BCUT2D eigenvalue weighted by Gasteiger charge is -2.18. The molecule has 0 aliphatic heterocycles. The zero-order valence-corrected chi connectivity index (χ0v) is 12.8. The van der Waals surface area contributed by atoms with Gasteiger partial charge in [0.2, 0.25) is 0 Å². The molecule has 2 aromatic rings. The van der Waals surface area contributed by atoms with E-state index < -0.39 is 0 Å². The zero-order valence-electron chi connectivity index (χ0n) is 11.2. The number of hydrogen-bond donors (Lipinski definition) is 1. The van der Waals surface area contributed by atoms with Crippen molar-refractivity contribution in [2.45, 2.75) is 12.3 Å². The topological polar surface area (TPSA) is 12.0 Å². The van der Waals surface area contributed by atoms with Crippen LogP contribution in [0.4, 0.5) is 8.78 Å². The molecule has 0 amide bonds. The van der Waals surface area contributed by atoms with Crippen molar-refractivity contribution in [2.24, 2.45) is 0 Å². The maximum atomic E-state index is 13.9. The fourth-order valence-electron chi connectivity index (χ4n) is 2.32. The van der Waals surface area contributed by atoms with Crippen LogP contribution < -0.4 is 5.32 Å². The second-order valence-electron chi connectivity index (χ2n) is 4.69. The normalized spacial score (nSPS) is 12.4. The van der Waals surface area contributed by atoms with Gasteiger partial charge in [-0.15, -0.1) is 0 Å². The zero-order chi connectivity index (χ0) is 14.5. The van der Waals surface area contributed by atoms with Gasteiger partial charge in [0.1, 0.15) is 11.6 Å². The number of halogens is 3. The number of likely N-dealkylation sites (N-methyl/N-ethyl adjacent to an activating group) is 1. The molecule has 1 atom stereocenters. The first-order valence-corrected chi connectivity index (χ1v) is 7.24. The molecular formula is C16H16BrF2N. The summed E-state index contributed by atoms with van der Waals surface area (Å²) in [5.41, 5.74) is 1.49. The molecule has 1 nitrogen and oxygen atoms in total. The summed E-state index contributed by atoms with van der Waals surface area (Å²) < 4.78 is 27.9. The monoisotopic (exact) mass is 339 g/mol. The van der Waals surface area contributed by atoms with Crippen LogP contribution in [0.1, 0.15) is 17.0 Å². The summed E-state index contributed by atoms with van der Waals surface area (Å²) in [4.78, 5) is 0. The molecule has 20 heavy (non-hydrogen) atoms. The third-order valence-corrected chi connectivity index (χ3v) is 4.18. The SMILES string of the molecule is CNCC(Cc1cccc(F)c1Br)c1ccccc1F. The molecule has 0 heterocycles. The van der Waals surface area contributed by atoms with E-state index in [9.17, 15) is 8.78 Å². The van der Waals surface area contributed by atoms with Crippen molar-refractivity contribution in [1.29, 1.82) is 0 Å². The minimum atomic E-state index is -0.292. The lowest BCUT2D eigenvalue weighted by Crippen LogP contribution is -2.20. The van der Waals surface area contributed by atoms with E-state index in [1.165, 1.54) is 12.1 Å². The molecule has 0 radical (unpaired) electrons. The van der Waals surface area contributed by atoms with Crippen molar-refractivity contribution in [1.82, 2.24) is 5.32 Å². The summed E-state index contributed by atoms with van der Waals surface area (Å²) in [6.07, 6.45) is 0.570. The van der Waals surface area contributed by atoms with Crippen molar-refractivity contribution < 1.29 is 8.78 Å². The van der Waals surface area contributed by atoms with Crippen molar-refractivity contribution in [2.75, 3.05) is 13.6 Å². The van der Waals surface area contributed by atoms with Crippen LogP contribution in [-0.4, -0.2) is 13.6 Å². The second kappa shape index (κ2) is 6.95. The molecule has 1 unspecified atom stereocenters. The Kier molecular flexibility index (Phi) is 5.26. The van der Waals surface area contributed by atoms with Gasteiger partial charge in [-0.1, -0.05) is 30.3 Å². The minimum absolute atomic E-state index is 0.0423. The first-order chi connectivity index (χ1) is 9.63.